The van der Waals surface area contributed by atoms with Crippen molar-refractivity contribution in [3.8, 4) is 0 Å². The van der Waals surface area contributed by atoms with Gasteiger partial charge in [-0.15, -0.1) is 0 Å². The molecule has 0 aromatic carbocycles. The number of sulfonamides is 1. The molecule has 1 aromatic rings. The first-order valence-electron chi connectivity index (χ1n) is 8.27. The summed E-state index contributed by atoms with van der Waals surface area (Å²) in [5, 5.41) is 4.34. The number of rotatable bonds is 7. The number of aryl methyl sites for hydroxylation is 2. The first kappa shape index (κ1) is 16.7. The molecule has 1 aromatic heterocycles. The second-order valence-electron chi connectivity index (χ2n) is 6.29. The van der Waals surface area contributed by atoms with Crippen molar-refractivity contribution in [3.63, 3.8) is 0 Å². The van der Waals surface area contributed by atoms with Gasteiger partial charge in [-0.3, -0.25) is 4.57 Å². The second-order valence-corrected chi connectivity index (χ2v) is 8.14. The lowest BCUT2D eigenvalue weighted by atomic mass is 10.2. The Balaban J connectivity index is 1.46. The number of hydrogen-bond acceptors (Lipinski definition) is 5. The van der Waals surface area contributed by atoms with E-state index in [1.807, 2.05) is 0 Å². The summed E-state index contributed by atoms with van der Waals surface area (Å²) in [5.74, 6) is 1.06. The standard InChI is InChI=1S/C14H24N4O4S/c19-14-17-7-2-1-4-13(17)16-18(14)8-3-6-15-23(20,21)11-12-5-9-22-10-12/h12,15H,1-11H2. The van der Waals surface area contributed by atoms with E-state index in [9.17, 15) is 13.2 Å². The molecule has 1 atom stereocenters. The summed E-state index contributed by atoms with van der Waals surface area (Å²) in [7, 11) is -3.27. The van der Waals surface area contributed by atoms with Crippen molar-refractivity contribution in [2.24, 2.45) is 5.92 Å². The van der Waals surface area contributed by atoms with E-state index in [2.05, 4.69) is 9.82 Å². The van der Waals surface area contributed by atoms with Crippen LogP contribution in [-0.4, -0.2) is 48.3 Å². The zero-order chi connectivity index (χ0) is 16.3. The predicted octanol–water partition coefficient (Wildman–Crippen LogP) is -0.273. The van der Waals surface area contributed by atoms with Crippen LogP contribution in [0, 0.1) is 5.92 Å². The summed E-state index contributed by atoms with van der Waals surface area (Å²) in [5.41, 5.74) is -0.0781. The van der Waals surface area contributed by atoms with E-state index in [-0.39, 0.29) is 17.4 Å². The second kappa shape index (κ2) is 7.14. The van der Waals surface area contributed by atoms with Crippen molar-refractivity contribution < 1.29 is 13.2 Å². The van der Waals surface area contributed by atoms with Gasteiger partial charge in [0, 0.05) is 32.7 Å². The minimum absolute atomic E-state index is 0.0781. The summed E-state index contributed by atoms with van der Waals surface area (Å²) >= 11 is 0. The van der Waals surface area contributed by atoms with Crippen LogP contribution in [0.1, 0.15) is 31.5 Å². The highest BCUT2D eigenvalue weighted by atomic mass is 32.2. The molecule has 23 heavy (non-hydrogen) atoms. The first-order valence-corrected chi connectivity index (χ1v) is 9.92. The van der Waals surface area contributed by atoms with Crippen LogP contribution in [0.25, 0.3) is 0 Å². The Morgan fingerprint density at radius 3 is 2.96 bits per heavy atom. The Morgan fingerprint density at radius 1 is 1.35 bits per heavy atom. The van der Waals surface area contributed by atoms with Crippen molar-refractivity contribution in [1.82, 2.24) is 19.1 Å². The van der Waals surface area contributed by atoms with Gasteiger partial charge in [0.15, 0.2) is 0 Å². The van der Waals surface area contributed by atoms with E-state index in [0.29, 0.717) is 32.7 Å². The monoisotopic (exact) mass is 344 g/mol. The van der Waals surface area contributed by atoms with Crippen molar-refractivity contribution in [3.05, 3.63) is 16.3 Å². The highest BCUT2D eigenvalue weighted by Crippen LogP contribution is 2.14. The molecule has 8 nitrogen and oxygen atoms in total. The molecule has 1 unspecified atom stereocenters. The third-order valence-corrected chi connectivity index (χ3v) is 5.93. The van der Waals surface area contributed by atoms with E-state index < -0.39 is 10.0 Å². The van der Waals surface area contributed by atoms with Crippen LogP contribution in [0.4, 0.5) is 0 Å². The Labute approximate surface area is 135 Å². The van der Waals surface area contributed by atoms with Crippen LogP contribution in [0.3, 0.4) is 0 Å². The molecule has 0 radical (unpaired) electrons. The maximum atomic E-state index is 12.1. The van der Waals surface area contributed by atoms with Crippen LogP contribution in [0.15, 0.2) is 4.79 Å². The fourth-order valence-electron chi connectivity index (χ4n) is 3.13. The molecule has 0 bridgehead atoms. The summed E-state index contributed by atoms with van der Waals surface area (Å²) in [6, 6.07) is 0. The third-order valence-electron chi connectivity index (χ3n) is 4.38. The fraction of sp³-hybridized carbons (Fsp3) is 0.857. The zero-order valence-electron chi connectivity index (χ0n) is 13.2. The largest absolute Gasteiger partial charge is 0.381 e. The van der Waals surface area contributed by atoms with Crippen molar-refractivity contribution >= 4 is 10.0 Å². The molecule has 130 valence electrons. The van der Waals surface area contributed by atoms with Crippen molar-refractivity contribution in [1.29, 1.82) is 0 Å². The molecule has 0 amide bonds. The van der Waals surface area contributed by atoms with E-state index in [1.54, 1.807) is 4.57 Å². The van der Waals surface area contributed by atoms with Crippen molar-refractivity contribution in [2.75, 3.05) is 25.5 Å². The van der Waals surface area contributed by atoms with E-state index in [1.165, 1.54) is 4.68 Å². The Bertz CT molecular complexity index is 688. The number of fused-ring (bicyclic) bond motifs is 1. The molecule has 1 N–H and O–H groups in total. The maximum Gasteiger partial charge on any atom is 0.345 e. The lowest BCUT2D eigenvalue weighted by Gasteiger charge is -2.10. The highest BCUT2D eigenvalue weighted by molar-refractivity contribution is 7.89. The zero-order valence-corrected chi connectivity index (χ0v) is 14.1. The molecule has 3 heterocycles. The Morgan fingerprint density at radius 2 is 2.22 bits per heavy atom. The minimum atomic E-state index is -3.27. The van der Waals surface area contributed by atoms with Gasteiger partial charge in [-0.05, 0) is 31.6 Å². The van der Waals surface area contributed by atoms with Gasteiger partial charge >= 0.3 is 5.69 Å². The summed E-state index contributed by atoms with van der Waals surface area (Å²) in [6.45, 7) is 2.67. The molecule has 2 aliphatic heterocycles. The average Bonchev–Trinajstić information content (AvgIpc) is 3.12. The molecule has 0 saturated carbocycles. The average molecular weight is 344 g/mol. The number of ether oxygens (including phenoxy) is 1. The van der Waals surface area contributed by atoms with Gasteiger partial charge in [-0.1, -0.05) is 0 Å². The summed E-state index contributed by atoms with van der Waals surface area (Å²) in [6.07, 6.45) is 4.29. The lowest BCUT2D eigenvalue weighted by Crippen LogP contribution is -2.32. The lowest BCUT2D eigenvalue weighted by molar-refractivity contribution is 0.188. The molecule has 3 rings (SSSR count). The van der Waals surface area contributed by atoms with Crippen LogP contribution >= 0.6 is 0 Å². The smallest absolute Gasteiger partial charge is 0.345 e. The molecule has 9 heteroatoms. The van der Waals surface area contributed by atoms with Gasteiger partial charge in [0.05, 0.1) is 12.4 Å². The maximum absolute atomic E-state index is 12.1. The third kappa shape index (κ3) is 4.21. The van der Waals surface area contributed by atoms with Gasteiger partial charge in [0.2, 0.25) is 10.0 Å². The number of aromatic nitrogens is 3. The van der Waals surface area contributed by atoms with Gasteiger partial charge in [-0.25, -0.2) is 22.6 Å². The van der Waals surface area contributed by atoms with Crippen LogP contribution in [0.2, 0.25) is 0 Å². The van der Waals surface area contributed by atoms with Crippen LogP contribution < -0.4 is 10.4 Å². The van der Waals surface area contributed by atoms with E-state index in [4.69, 9.17) is 4.74 Å². The van der Waals surface area contributed by atoms with Crippen molar-refractivity contribution in [2.45, 2.75) is 45.2 Å². The fourth-order valence-corrected chi connectivity index (χ4v) is 4.59. The van der Waals surface area contributed by atoms with Crippen LogP contribution in [-0.2, 0) is 34.3 Å². The summed E-state index contributed by atoms with van der Waals surface area (Å²) in [4.78, 5) is 12.1. The topological polar surface area (TPSA) is 95.2 Å². The summed E-state index contributed by atoms with van der Waals surface area (Å²) < 4.78 is 34.9. The highest BCUT2D eigenvalue weighted by Gasteiger charge is 2.23. The van der Waals surface area contributed by atoms with Gasteiger partial charge in [-0.2, -0.15) is 5.10 Å². The minimum Gasteiger partial charge on any atom is -0.381 e. The predicted molar refractivity (Wildman–Crippen MR) is 84.8 cm³/mol. The molecular formula is C14H24N4O4S. The van der Waals surface area contributed by atoms with Crippen LogP contribution in [0.5, 0.6) is 0 Å². The van der Waals surface area contributed by atoms with Gasteiger partial charge in [0.1, 0.15) is 5.82 Å². The molecule has 0 spiro atoms. The Kier molecular flexibility index (Phi) is 5.17. The molecule has 1 saturated heterocycles. The quantitative estimate of drug-likeness (QED) is 0.687. The Hall–Kier alpha value is -1.19. The SMILES string of the molecule is O=c1n(CCCNS(=O)(=O)CC2CCOC2)nc2n1CCCC2. The molecule has 1 fully saturated rings. The van der Waals surface area contributed by atoms with E-state index >= 15 is 0 Å². The molecule has 0 aliphatic carbocycles. The van der Waals surface area contributed by atoms with Gasteiger partial charge in [0.25, 0.3) is 0 Å². The first-order chi connectivity index (χ1) is 11.1. The number of hydrogen-bond donors (Lipinski definition) is 1. The molecule has 2 aliphatic rings. The van der Waals surface area contributed by atoms with Gasteiger partial charge < -0.3 is 4.74 Å². The molecular weight excluding hydrogens is 320 g/mol. The normalized spacial score (nSPS) is 21.5. The number of nitrogens with zero attached hydrogens (tertiary/aromatic N) is 3. The number of nitrogens with one attached hydrogen (secondary N) is 1. The van der Waals surface area contributed by atoms with E-state index in [0.717, 1.165) is 38.1 Å².